The average Bonchev–Trinajstić information content (AvgIpc) is 2.64. The summed E-state index contributed by atoms with van der Waals surface area (Å²) in [5.41, 5.74) is 1.13. The lowest BCUT2D eigenvalue weighted by atomic mass is 10.6. The average molecular weight is 198 g/mol. The lowest BCUT2D eigenvalue weighted by molar-refractivity contribution is 0.621. The van der Waals surface area contributed by atoms with E-state index in [4.69, 9.17) is 5.84 Å². The van der Waals surface area contributed by atoms with Crippen LogP contribution in [0.3, 0.4) is 0 Å². The minimum Gasteiger partial charge on any atom is -0.369 e. The summed E-state index contributed by atoms with van der Waals surface area (Å²) in [5.74, 6) is 5.56. The summed E-state index contributed by atoms with van der Waals surface area (Å²) in [6.07, 6.45) is 3.47. The number of aromatic nitrogens is 3. The highest BCUT2D eigenvalue weighted by Crippen LogP contribution is 2.21. The number of hydrogen-bond donors (Lipinski definition) is 2. The van der Waals surface area contributed by atoms with E-state index in [0.29, 0.717) is 5.16 Å². The minimum atomic E-state index is 0.674. The summed E-state index contributed by atoms with van der Waals surface area (Å²) < 4.78 is 3.40. The van der Waals surface area contributed by atoms with E-state index >= 15 is 0 Å². The van der Waals surface area contributed by atoms with Gasteiger partial charge in [0.15, 0.2) is 0 Å². The number of nitrogen functional groups attached to an aromatic ring is 1. The van der Waals surface area contributed by atoms with Gasteiger partial charge in [0.2, 0.25) is 5.16 Å². The summed E-state index contributed by atoms with van der Waals surface area (Å²) in [6.45, 7) is 2.77. The molecule has 13 heavy (non-hydrogen) atoms. The zero-order chi connectivity index (χ0) is 9.26. The SMILES string of the molecule is CC1=CN(Sc2nncn2N)CN1. The van der Waals surface area contributed by atoms with Crippen LogP contribution in [0.15, 0.2) is 23.4 Å². The third-order valence-corrected chi connectivity index (χ3v) is 2.52. The first-order valence-corrected chi connectivity index (χ1v) is 4.55. The Hall–Kier alpha value is -1.37. The van der Waals surface area contributed by atoms with Crippen molar-refractivity contribution in [2.45, 2.75) is 12.1 Å². The van der Waals surface area contributed by atoms with Gasteiger partial charge in [-0.2, -0.15) is 0 Å². The fraction of sp³-hybridized carbons (Fsp3) is 0.333. The number of rotatable bonds is 2. The van der Waals surface area contributed by atoms with Crippen molar-refractivity contribution in [2.75, 3.05) is 12.5 Å². The molecule has 2 rings (SSSR count). The molecule has 7 heteroatoms. The van der Waals surface area contributed by atoms with Crippen LogP contribution in [0, 0.1) is 0 Å². The highest BCUT2D eigenvalue weighted by molar-refractivity contribution is 7.97. The Balaban J connectivity index is 2.03. The van der Waals surface area contributed by atoms with Crippen LogP contribution in [-0.2, 0) is 0 Å². The van der Waals surface area contributed by atoms with Crippen molar-refractivity contribution in [3.8, 4) is 0 Å². The van der Waals surface area contributed by atoms with Gasteiger partial charge in [-0.1, -0.05) is 0 Å². The second kappa shape index (κ2) is 3.17. The van der Waals surface area contributed by atoms with E-state index in [9.17, 15) is 0 Å². The molecular weight excluding hydrogens is 188 g/mol. The summed E-state index contributed by atoms with van der Waals surface area (Å²) in [6, 6.07) is 0. The summed E-state index contributed by atoms with van der Waals surface area (Å²) in [4.78, 5) is 0. The zero-order valence-electron chi connectivity index (χ0n) is 7.14. The van der Waals surface area contributed by atoms with Gasteiger partial charge < -0.3 is 11.2 Å². The standard InChI is InChI=1S/C6H10N6S/c1-5-2-11(3-8-5)13-6-10-9-4-12(6)7/h2,4,8H,3,7H2,1H3. The molecule has 0 saturated heterocycles. The first kappa shape index (κ1) is 8.24. The van der Waals surface area contributed by atoms with Gasteiger partial charge in [-0.05, 0) is 6.92 Å². The monoisotopic (exact) mass is 198 g/mol. The molecule has 2 heterocycles. The van der Waals surface area contributed by atoms with Crippen LogP contribution in [0.4, 0.5) is 0 Å². The smallest absolute Gasteiger partial charge is 0.230 e. The molecule has 0 bridgehead atoms. The van der Waals surface area contributed by atoms with Gasteiger partial charge >= 0.3 is 0 Å². The predicted molar refractivity (Wildman–Crippen MR) is 49.6 cm³/mol. The van der Waals surface area contributed by atoms with Crippen LogP contribution >= 0.6 is 11.9 Å². The minimum absolute atomic E-state index is 0.674. The number of hydrogen-bond acceptors (Lipinski definition) is 6. The third-order valence-electron chi connectivity index (χ3n) is 1.59. The Kier molecular flexibility index (Phi) is 2.01. The fourth-order valence-electron chi connectivity index (χ4n) is 0.971. The summed E-state index contributed by atoms with van der Waals surface area (Å²) in [7, 11) is 0. The largest absolute Gasteiger partial charge is 0.369 e. The van der Waals surface area contributed by atoms with Crippen molar-refractivity contribution in [1.29, 1.82) is 0 Å². The van der Waals surface area contributed by atoms with Gasteiger partial charge in [0.25, 0.3) is 0 Å². The second-order valence-electron chi connectivity index (χ2n) is 2.68. The molecule has 3 N–H and O–H groups in total. The van der Waals surface area contributed by atoms with Crippen LogP contribution < -0.4 is 11.2 Å². The van der Waals surface area contributed by atoms with Crippen molar-refractivity contribution in [1.82, 2.24) is 24.5 Å². The van der Waals surface area contributed by atoms with Gasteiger partial charge in [0, 0.05) is 23.8 Å². The van der Waals surface area contributed by atoms with Crippen LogP contribution in [-0.4, -0.2) is 25.8 Å². The van der Waals surface area contributed by atoms with Gasteiger partial charge in [0.1, 0.15) is 6.33 Å². The molecule has 0 saturated carbocycles. The molecule has 1 aromatic rings. The molecule has 1 aliphatic heterocycles. The van der Waals surface area contributed by atoms with Crippen LogP contribution in [0.1, 0.15) is 6.92 Å². The number of nitrogens with zero attached hydrogens (tertiary/aromatic N) is 4. The van der Waals surface area contributed by atoms with Gasteiger partial charge in [0.05, 0.1) is 6.67 Å². The van der Waals surface area contributed by atoms with Crippen molar-refractivity contribution >= 4 is 11.9 Å². The Labute approximate surface area is 79.9 Å². The fourth-order valence-corrected chi connectivity index (χ4v) is 1.75. The summed E-state index contributed by atoms with van der Waals surface area (Å²) in [5, 5.41) is 11.4. The quantitative estimate of drug-likeness (QED) is 0.503. The molecule has 0 radical (unpaired) electrons. The Morgan fingerprint density at radius 2 is 2.54 bits per heavy atom. The number of nitrogens with two attached hydrogens (primary N) is 1. The van der Waals surface area contributed by atoms with Crippen molar-refractivity contribution in [2.24, 2.45) is 0 Å². The zero-order valence-corrected chi connectivity index (χ0v) is 7.95. The normalized spacial score (nSPS) is 15.8. The van der Waals surface area contributed by atoms with Gasteiger partial charge in [-0.3, -0.25) is 4.31 Å². The Morgan fingerprint density at radius 1 is 1.69 bits per heavy atom. The molecule has 70 valence electrons. The van der Waals surface area contributed by atoms with Crippen molar-refractivity contribution < 1.29 is 0 Å². The molecule has 0 spiro atoms. The number of allylic oxidation sites excluding steroid dienone is 1. The lowest BCUT2D eigenvalue weighted by Crippen LogP contribution is -2.17. The van der Waals surface area contributed by atoms with Gasteiger partial charge in [-0.15, -0.1) is 10.2 Å². The first-order valence-electron chi connectivity index (χ1n) is 3.78. The van der Waals surface area contributed by atoms with Gasteiger partial charge in [-0.25, -0.2) is 4.68 Å². The summed E-state index contributed by atoms with van der Waals surface area (Å²) >= 11 is 1.45. The van der Waals surface area contributed by atoms with Crippen LogP contribution in [0.2, 0.25) is 0 Å². The Bertz CT molecular complexity index is 332. The van der Waals surface area contributed by atoms with E-state index < -0.39 is 0 Å². The molecular formula is C6H10N6S. The molecule has 0 aromatic carbocycles. The van der Waals surface area contributed by atoms with E-state index in [1.54, 1.807) is 0 Å². The van der Waals surface area contributed by atoms with E-state index in [2.05, 4.69) is 15.5 Å². The molecule has 0 unspecified atom stereocenters. The molecule has 0 aliphatic carbocycles. The predicted octanol–water partition coefficient (Wildman–Crippen LogP) is -0.277. The van der Waals surface area contributed by atoms with Crippen molar-refractivity contribution in [3.05, 3.63) is 18.2 Å². The van der Waals surface area contributed by atoms with E-state index in [1.165, 1.54) is 23.0 Å². The Morgan fingerprint density at radius 3 is 3.08 bits per heavy atom. The lowest BCUT2D eigenvalue weighted by Gasteiger charge is -2.10. The maximum absolute atomic E-state index is 5.56. The first-order chi connectivity index (χ1) is 6.25. The van der Waals surface area contributed by atoms with E-state index in [-0.39, 0.29) is 0 Å². The van der Waals surface area contributed by atoms with E-state index in [0.717, 1.165) is 12.4 Å². The molecule has 1 aliphatic rings. The topological polar surface area (TPSA) is 72.0 Å². The maximum Gasteiger partial charge on any atom is 0.230 e. The third kappa shape index (κ3) is 1.69. The van der Waals surface area contributed by atoms with Crippen molar-refractivity contribution in [3.63, 3.8) is 0 Å². The second-order valence-corrected chi connectivity index (χ2v) is 3.69. The highest BCUT2D eigenvalue weighted by Gasteiger charge is 2.12. The highest BCUT2D eigenvalue weighted by atomic mass is 32.2. The molecule has 0 fully saturated rings. The number of nitrogens with one attached hydrogen (secondary N) is 1. The van der Waals surface area contributed by atoms with Crippen LogP contribution in [0.5, 0.6) is 0 Å². The van der Waals surface area contributed by atoms with E-state index in [1.807, 2.05) is 17.4 Å². The molecule has 6 nitrogen and oxygen atoms in total. The van der Waals surface area contributed by atoms with Crippen LogP contribution in [0.25, 0.3) is 0 Å². The molecule has 0 atom stereocenters. The molecule has 0 amide bonds. The maximum atomic E-state index is 5.56. The molecule has 1 aromatic heterocycles.